The lowest BCUT2D eigenvalue weighted by molar-refractivity contribution is -0.385. The number of nitro benzene ring substituents is 1. The maximum atomic E-state index is 13.5. The molecule has 2 heterocycles. The summed E-state index contributed by atoms with van der Waals surface area (Å²) in [5, 5.41) is 13.1. The van der Waals surface area contributed by atoms with Gasteiger partial charge in [0.1, 0.15) is 15.7 Å². The highest BCUT2D eigenvalue weighted by Gasteiger charge is 2.31. The largest absolute Gasteiger partial charge is 0.495 e. The van der Waals surface area contributed by atoms with E-state index in [1.807, 2.05) is 0 Å². The van der Waals surface area contributed by atoms with Crippen LogP contribution in [-0.2, 0) is 27.9 Å². The Kier molecular flexibility index (Phi) is 5.81. The molecule has 1 aliphatic heterocycles. The molecule has 0 radical (unpaired) electrons. The van der Waals surface area contributed by atoms with Crippen molar-refractivity contribution in [2.45, 2.75) is 17.4 Å². The molecule has 0 fully saturated rings. The summed E-state index contributed by atoms with van der Waals surface area (Å²) >= 11 is 1.08. The van der Waals surface area contributed by atoms with Gasteiger partial charge in [0.25, 0.3) is 15.7 Å². The first kappa shape index (κ1) is 21.1. The van der Waals surface area contributed by atoms with Crippen molar-refractivity contribution in [3.63, 3.8) is 0 Å². The van der Waals surface area contributed by atoms with Crippen LogP contribution in [0.4, 0.5) is 11.4 Å². The normalized spacial score (nSPS) is 13.2. The average Bonchev–Trinajstić information content (AvgIpc) is 3.33. The Hall–Kier alpha value is -3.15. The molecule has 31 heavy (non-hydrogen) atoms. The molecule has 11 heteroatoms. The lowest BCUT2D eigenvalue weighted by atomic mass is 10.1. The highest BCUT2D eigenvalue weighted by atomic mass is 32.2. The summed E-state index contributed by atoms with van der Waals surface area (Å²) in [5.74, 6) is 0.740. The van der Waals surface area contributed by atoms with E-state index in [1.54, 1.807) is 35.7 Å². The van der Waals surface area contributed by atoms with Gasteiger partial charge in [-0.2, -0.15) is 0 Å². The van der Waals surface area contributed by atoms with Gasteiger partial charge in [-0.3, -0.25) is 14.4 Å². The summed E-state index contributed by atoms with van der Waals surface area (Å²) in [7, 11) is -2.54. The minimum absolute atomic E-state index is 0.0237. The van der Waals surface area contributed by atoms with E-state index in [4.69, 9.17) is 14.2 Å². The molecule has 9 nitrogen and oxygen atoms in total. The van der Waals surface area contributed by atoms with Crippen molar-refractivity contribution >= 4 is 32.7 Å². The first-order valence-corrected chi connectivity index (χ1v) is 11.4. The molecule has 0 saturated heterocycles. The second kappa shape index (κ2) is 8.53. The average molecular weight is 463 g/mol. The van der Waals surface area contributed by atoms with Crippen LogP contribution in [0.3, 0.4) is 0 Å². The standard InChI is InChI=1S/C20H18N2O7S2/c1-27-18-6-3-2-5-17(18)21(31(25,26)19-7-4-8-30-19)11-14-9-16(22(23)24)10-15-12-28-13-29-20(14)15/h2-10H,11-13H2,1H3. The first-order valence-electron chi connectivity index (χ1n) is 9.12. The molecule has 2 aromatic carbocycles. The summed E-state index contributed by atoms with van der Waals surface area (Å²) in [6, 6.07) is 12.6. The van der Waals surface area contributed by atoms with Crippen LogP contribution in [-0.4, -0.2) is 27.2 Å². The summed E-state index contributed by atoms with van der Waals surface area (Å²) < 4.78 is 44.6. The third-order valence-corrected chi connectivity index (χ3v) is 7.82. The molecular formula is C20H18N2O7S2. The summed E-state index contributed by atoms with van der Waals surface area (Å²) in [6.45, 7) is -0.0783. The van der Waals surface area contributed by atoms with Crippen LogP contribution in [0.1, 0.15) is 11.1 Å². The number of thiophene rings is 1. The Labute approximate surface area is 182 Å². The number of hydrogen-bond acceptors (Lipinski definition) is 8. The quantitative estimate of drug-likeness (QED) is 0.387. The number of nitrogens with zero attached hydrogens (tertiary/aromatic N) is 2. The van der Waals surface area contributed by atoms with Gasteiger partial charge in [-0.25, -0.2) is 8.42 Å². The fraction of sp³-hybridized carbons (Fsp3) is 0.200. The Morgan fingerprint density at radius 1 is 1.23 bits per heavy atom. The van der Waals surface area contributed by atoms with E-state index in [0.717, 1.165) is 11.3 Å². The van der Waals surface area contributed by atoms with Crippen LogP contribution in [0.5, 0.6) is 11.5 Å². The van der Waals surface area contributed by atoms with E-state index in [9.17, 15) is 18.5 Å². The maximum Gasteiger partial charge on any atom is 0.274 e. The molecule has 0 unspecified atom stereocenters. The lowest BCUT2D eigenvalue weighted by Crippen LogP contribution is -2.31. The summed E-state index contributed by atoms with van der Waals surface area (Å²) in [5.41, 5.74) is 0.990. The van der Waals surface area contributed by atoms with Gasteiger partial charge in [0.2, 0.25) is 0 Å². The zero-order valence-corrected chi connectivity index (χ0v) is 18.0. The highest BCUT2D eigenvalue weighted by Crippen LogP contribution is 2.38. The number of sulfonamides is 1. The van der Waals surface area contributed by atoms with Gasteiger partial charge in [0.15, 0.2) is 6.79 Å². The summed E-state index contributed by atoms with van der Waals surface area (Å²) in [6.07, 6.45) is 0. The number of nitro groups is 1. The van der Waals surface area contributed by atoms with Gasteiger partial charge in [-0.1, -0.05) is 18.2 Å². The van der Waals surface area contributed by atoms with Gasteiger partial charge in [0.05, 0.1) is 30.9 Å². The zero-order chi connectivity index (χ0) is 22.0. The van der Waals surface area contributed by atoms with Crippen molar-refractivity contribution in [3.05, 3.63) is 75.2 Å². The number of para-hydroxylation sites is 2. The molecule has 0 N–H and O–H groups in total. The van der Waals surface area contributed by atoms with E-state index in [0.29, 0.717) is 28.3 Å². The van der Waals surface area contributed by atoms with Crippen molar-refractivity contribution in [2.75, 3.05) is 18.2 Å². The topological polar surface area (TPSA) is 108 Å². The van der Waals surface area contributed by atoms with Crippen LogP contribution in [0, 0.1) is 10.1 Å². The predicted octanol–water partition coefficient (Wildman–Crippen LogP) is 3.93. The number of fused-ring (bicyclic) bond motifs is 1. The SMILES string of the molecule is COc1ccccc1N(Cc1cc([N+](=O)[O-])cc2c1OCOC2)S(=O)(=O)c1cccs1. The van der Waals surface area contributed by atoms with Gasteiger partial charge in [0, 0.05) is 23.3 Å². The molecular weight excluding hydrogens is 444 g/mol. The van der Waals surface area contributed by atoms with E-state index in [-0.39, 0.29) is 29.8 Å². The van der Waals surface area contributed by atoms with Crippen molar-refractivity contribution < 1.29 is 27.6 Å². The van der Waals surface area contributed by atoms with Crippen molar-refractivity contribution in [2.24, 2.45) is 0 Å². The minimum Gasteiger partial charge on any atom is -0.495 e. The molecule has 0 amide bonds. The Morgan fingerprint density at radius 2 is 2.03 bits per heavy atom. The molecule has 0 bridgehead atoms. The minimum atomic E-state index is -3.99. The van der Waals surface area contributed by atoms with E-state index >= 15 is 0 Å². The van der Waals surface area contributed by atoms with Crippen LogP contribution in [0.25, 0.3) is 0 Å². The number of benzene rings is 2. The molecule has 1 aliphatic rings. The van der Waals surface area contributed by atoms with Crippen molar-refractivity contribution in [1.29, 1.82) is 0 Å². The van der Waals surface area contributed by atoms with Gasteiger partial charge in [-0.05, 0) is 23.6 Å². The maximum absolute atomic E-state index is 13.5. The van der Waals surface area contributed by atoms with E-state index < -0.39 is 14.9 Å². The third kappa shape index (κ3) is 4.07. The number of anilines is 1. The van der Waals surface area contributed by atoms with E-state index in [2.05, 4.69) is 0 Å². The number of non-ortho nitro benzene ring substituents is 1. The summed E-state index contributed by atoms with van der Waals surface area (Å²) in [4.78, 5) is 10.9. The second-order valence-electron chi connectivity index (χ2n) is 6.58. The predicted molar refractivity (Wildman–Crippen MR) is 114 cm³/mol. The molecule has 162 valence electrons. The molecule has 0 atom stereocenters. The van der Waals surface area contributed by atoms with Crippen molar-refractivity contribution in [1.82, 2.24) is 0 Å². The number of ether oxygens (including phenoxy) is 3. The molecule has 0 aliphatic carbocycles. The molecule has 0 saturated carbocycles. The monoisotopic (exact) mass is 462 g/mol. The number of methoxy groups -OCH3 is 1. The molecule has 4 rings (SSSR count). The van der Waals surface area contributed by atoms with Gasteiger partial charge in [-0.15, -0.1) is 11.3 Å². The van der Waals surface area contributed by atoms with Crippen LogP contribution in [0.15, 0.2) is 58.1 Å². The Morgan fingerprint density at radius 3 is 2.74 bits per heavy atom. The Balaban J connectivity index is 1.88. The molecule has 0 spiro atoms. The molecule has 3 aromatic rings. The first-order chi connectivity index (χ1) is 14.9. The highest BCUT2D eigenvalue weighted by molar-refractivity contribution is 7.94. The fourth-order valence-electron chi connectivity index (χ4n) is 3.31. The van der Waals surface area contributed by atoms with Gasteiger partial charge < -0.3 is 14.2 Å². The van der Waals surface area contributed by atoms with E-state index in [1.165, 1.54) is 29.6 Å². The number of hydrogen-bond donors (Lipinski definition) is 0. The Bertz CT molecular complexity index is 1210. The molecule has 1 aromatic heterocycles. The smallest absolute Gasteiger partial charge is 0.274 e. The lowest BCUT2D eigenvalue weighted by Gasteiger charge is -2.27. The second-order valence-corrected chi connectivity index (χ2v) is 9.61. The zero-order valence-electron chi connectivity index (χ0n) is 16.4. The van der Waals surface area contributed by atoms with Crippen LogP contribution in [0.2, 0.25) is 0 Å². The van der Waals surface area contributed by atoms with Crippen LogP contribution >= 0.6 is 11.3 Å². The third-order valence-electron chi connectivity index (χ3n) is 4.69. The van der Waals surface area contributed by atoms with Crippen LogP contribution < -0.4 is 13.8 Å². The van der Waals surface area contributed by atoms with Crippen molar-refractivity contribution in [3.8, 4) is 11.5 Å². The number of rotatable bonds is 7. The fourth-order valence-corrected chi connectivity index (χ4v) is 5.87. The van der Waals surface area contributed by atoms with Gasteiger partial charge >= 0.3 is 0 Å².